The molecule has 1 aromatic carbocycles. The minimum Gasteiger partial charge on any atom is -0.396 e. The largest absolute Gasteiger partial charge is 0.396 e. The van der Waals surface area contributed by atoms with Gasteiger partial charge in [-0.2, -0.15) is 0 Å². The molecule has 0 aliphatic carbocycles. The summed E-state index contributed by atoms with van der Waals surface area (Å²) >= 11 is 5.61. The summed E-state index contributed by atoms with van der Waals surface area (Å²) in [4.78, 5) is 20.9. The summed E-state index contributed by atoms with van der Waals surface area (Å²) < 4.78 is 26.0. The number of hydrogen-bond donors (Lipinski definition) is 1. The molecule has 8 heteroatoms. The van der Waals surface area contributed by atoms with Gasteiger partial charge in [-0.3, -0.25) is 9.59 Å². The second-order valence-electron chi connectivity index (χ2n) is 3.36. The van der Waals surface area contributed by atoms with Crippen molar-refractivity contribution >= 4 is 49.6 Å². The molecule has 1 fully saturated rings. The lowest BCUT2D eigenvalue weighted by Gasteiger charge is -1.97. The summed E-state index contributed by atoms with van der Waals surface area (Å²) in [6, 6.07) is 1.92. The molecular formula is C10H8Br2F2N2O2. The number of anilines is 1. The van der Waals surface area contributed by atoms with Crippen LogP contribution in [0.3, 0.4) is 0 Å². The van der Waals surface area contributed by atoms with Gasteiger partial charge in [-0.1, -0.05) is 0 Å². The first kappa shape index (κ1) is 15.0. The summed E-state index contributed by atoms with van der Waals surface area (Å²) in [7, 11) is 0. The van der Waals surface area contributed by atoms with Crippen LogP contribution in [-0.4, -0.2) is 15.7 Å². The zero-order valence-electron chi connectivity index (χ0n) is 8.92. The van der Waals surface area contributed by atoms with Gasteiger partial charge in [-0.15, -0.1) is 0 Å². The molecule has 0 atom stereocenters. The summed E-state index contributed by atoms with van der Waals surface area (Å²) in [6.45, 7) is 0. The summed E-state index contributed by atoms with van der Waals surface area (Å²) in [5, 5.41) is 0. The number of nitrogens with two attached hydrogens (primary N) is 1. The van der Waals surface area contributed by atoms with E-state index >= 15 is 0 Å². The fourth-order valence-electron chi connectivity index (χ4n) is 1.09. The van der Waals surface area contributed by atoms with Crippen LogP contribution < -0.4 is 5.73 Å². The highest BCUT2D eigenvalue weighted by molar-refractivity contribution is 9.10. The second-order valence-corrected chi connectivity index (χ2v) is 4.92. The lowest BCUT2D eigenvalue weighted by atomic mass is 10.3. The molecule has 0 unspecified atom stereocenters. The van der Waals surface area contributed by atoms with E-state index < -0.39 is 11.6 Å². The summed E-state index contributed by atoms with van der Waals surface area (Å²) in [5.41, 5.74) is 4.87. The van der Waals surface area contributed by atoms with Gasteiger partial charge in [0.1, 0.15) is 11.6 Å². The third kappa shape index (κ3) is 3.74. The molecule has 2 rings (SSSR count). The van der Waals surface area contributed by atoms with Crippen LogP contribution in [0.15, 0.2) is 16.6 Å². The van der Waals surface area contributed by atoms with Gasteiger partial charge in [-0.25, -0.2) is 12.7 Å². The smallest absolute Gasteiger partial charge is 0.239 e. The van der Waals surface area contributed by atoms with Crippen LogP contribution in [0.2, 0.25) is 0 Å². The number of carbonyl (C=O) groups is 2. The van der Waals surface area contributed by atoms with E-state index in [9.17, 15) is 18.4 Å². The molecule has 98 valence electrons. The molecule has 2 amide bonds. The Hall–Kier alpha value is -1.02. The lowest BCUT2D eigenvalue weighted by molar-refractivity contribution is -0.131. The van der Waals surface area contributed by atoms with Gasteiger partial charge in [-0.05, 0) is 22.0 Å². The van der Waals surface area contributed by atoms with Crippen LogP contribution in [0.25, 0.3) is 0 Å². The molecule has 0 spiro atoms. The van der Waals surface area contributed by atoms with E-state index in [1.807, 2.05) is 0 Å². The first-order valence-electron chi connectivity index (χ1n) is 4.74. The lowest BCUT2D eigenvalue weighted by Crippen LogP contribution is -2.16. The molecule has 1 aliphatic rings. The van der Waals surface area contributed by atoms with Crippen molar-refractivity contribution in [2.45, 2.75) is 12.8 Å². The Kier molecular flexibility index (Phi) is 5.21. The van der Waals surface area contributed by atoms with Crippen molar-refractivity contribution in [3.63, 3.8) is 0 Å². The zero-order chi connectivity index (χ0) is 13.9. The Bertz CT molecular complexity index is 431. The fraction of sp³-hybridized carbons (Fsp3) is 0.200. The fourth-order valence-corrected chi connectivity index (χ4v) is 1.76. The highest BCUT2D eigenvalue weighted by Gasteiger charge is 2.26. The Labute approximate surface area is 119 Å². The molecule has 1 aliphatic heterocycles. The van der Waals surface area contributed by atoms with E-state index in [0.29, 0.717) is 12.8 Å². The molecular weight excluding hydrogens is 378 g/mol. The van der Waals surface area contributed by atoms with Gasteiger partial charge in [0.05, 0.1) is 26.3 Å². The van der Waals surface area contributed by atoms with Crippen LogP contribution in [0.5, 0.6) is 0 Å². The third-order valence-corrected chi connectivity index (χ3v) is 3.43. The van der Waals surface area contributed by atoms with E-state index in [1.54, 1.807) is 0 Å². The van der Waals surface area contributed by atoms with Gasteiger partial charge >= 0.3 is 0 Å². The van der Waals surface area contributed by atoms with E-state index in [1.165, 1.54) is 0 Å². The maximum absolute atomic E-state index is 12.5. The number of nitrogens with zero attached hydrogens (tertiary/aromatic N) is 1. The molecule has 1 heterocycles. The Morgan fingerprint density at radius 1 is 1.11 bits per heavy atom. The average molecular weight is 386 g/mol. The molecule has 18 heavy (non-hydrogen) atoms. The topological polar surface area (TPSA) is 63.4 Å². The minimum atomic E-state index is -0.617. The monoisotopic (exact) mass is 384 g/mol. The van der Waals surface area contributed by atoms with E-state index in [0.717, 1.165) is 16.1 Å². The van der Waals surface area contributed by atoms with Crippen LogP contribution in [0.1, 0.15) is 12.8 Å². The minimum absolute atomic E-state index is 0.0826. The number of amides is 2. The van der Waals surface area contributed by atoms with E-state index in [2.05, 4.69) is 32.1 Å². The standard InChI is InChI=1S/C6H4BrF2N.C4H4BrNO2/c7-3-1-5(9)6(10)2-4(3)8;5-6-3(7)1-2-4(6)8/h1-2H,10H2;1-2H2. The van der Waals surface area contributed by atoms with Crippen molar-refractivity contribution < 1.29 is 18.4 Å². The van der Waals surface area contributed by atoms with Crippen LogP contribution in [0.4, 0.5) is 14.5 Å². The number of rotatable bonds is 0. The van der Waals surface area contributed by atoms with Gasteiger partial charge in [0, 0.05) is 18.9 Å². The maximum atomic E-state index is 12.5. The number of benzene rings is 1. The number of nitrogen functional groups attached to an aromatic ring is 1. The first-order chi connectivity index (χ1) is 8.32. The van der Waals surface area contributed by atoms with Crippen molar-refractivity contribution in [2.75, 3.05) is 5.73 Å². The van der Waals surface area contributed by atoms with Crippen molar-refractivity contribution in [1.82, 2.24) is 3.93 Å². The third-order valence-electron chi connectivity index (χ3n) is 2.03. The molecule has 0 radical (unpaired) electrons. The zero-order valence-corrected chi connectivity index (χ0v) is 12.1. The molecule has 0 saturated carbocycles. The highest BCUT2D eigenvalue weighted by Crippen LogP contribution is 2.20. The Balaban J connectivity index is 0.000000184. The quantitative estimate of drug-likeness (QED) is 0.323. The van der Waals surface area contributed by atoms with Gasteiger partial charge in [0.2, 0.25) is 11.8 Å². The van der Waals surface area contributed by atoms with Crippen LogP contribution >= 0.6 is 32.1 Å². The average Bonchev–Trinajstić information content (AvgIpc) is 2.59. The van der Waals surface area contributed by atoms with Crippen LogP contribution in [0, 0.1) is 11.6 Å². The first-order valence-corrected chi connectivity index (χ1v) is 6.24. The molecule has 4 nitrogen and oxygen atoms in total. The van der Waals surface area contributed by atoms with Crippen molar-refractivity contribution in [3.8, 4) is 0 Å². The Morgan fingerprint density at radius 3 is 1.94 bits per heavy atom. The number of imide groups is 1. The van der Waals surface area contributed by atoms with E-state index in [-0.39, 0.29) is 22.0 Å². The summed E-state index contributed by atoms with van der Waals surface area (Å²) in [6.07, 6.45) is 0.703. The van der Waals surface area contributed by atoms with Crippen molar-refractivity contribution in [3.05, 3.63) is 28.2 Å². The predicted molar refractivity (Wildman–Crippen MR) is 68.5 cm³/mol. The molecule has 1 aromatic rings. The van der Waals surface area contributed by atoms with Gasteiger partial charge in [0.25, 0.3) is 0 Å². The van der Waals surface area contributed by atoms with Crippen molar-refractivity contribution in [2.24, 2.45) is 0 Å². The number of carbonyl (C=O) groups excluding carboxylic acids is 2. The molecule has 0 bridgehead atoms. The number of halogens is 4. The van der Waals surface area contributed by atoms with Crippen molar-refractivity contribution in [1.29, 1.82) is 0 Å². The van der Waals surface area contributed by atoms with E-state index in [4.69, 9.17) is 5.73 Å². The Morgan fingerprint density at radius 2 is 1.61 bits per heavy atom. The molecule has 0 aromatic heterocycles. The number of hydrogen-bond acceptors (Lipinski definition) is 3. The van der Waals surface area contributed by atoms with Crippen LogP contribution in [-0.2, 0) is 9.59 Å². The molecule has 1 saturated heterocycles. The summed E-state index contributed by atoms with van der Waals surface area (Å²) in [5.74, 6) is -1.46. The SMILES string of the molecule is Nc1cc(F)c(Br)cc1F.O=C1CCC(=O)N1Br. The normalized spacial score (nSPS) is 14.6. The van der Waals surface area contributed by atoms with Gasteiger partial charge in [0.15, 0.2) is 0 Å². The predicted octanol–water partition coefficient (Wildman–Crippen LogP) is 2.75. The van der Waals surface area contributed by atoms with Gasteiger partial charge < -0.3 is 5.73 Å². The molecule has 2 N–H and O–H groups in total. The highest BCUT2D eigenvalue weighted by atomic mass is 79.9. The maximum Gasteiger partial charge on any atom is 0.239 e. The second kappa shape index (κ2) is 6.24.